The van der Waals surface area contributed by atoms with Gasteiger partial charge >= 0.3 is 0 Å². The van der Waals surface area contributed by atoms with Gasteiger partial charge in [-0.1, -0.05) is 13.3 Å². The van der Waals surface area contributed by atoms with E-state index in [0.29, 0.717) is 12.1 Å². The van der Waals surface area contributed by atoms with Crippen molar-refractivity contribution in [3.63, 3.8) is 0 Å². The number of carbonyl (C=O) groups excluding carboxylic acids is 3. The van der Waals surface area contributed by atoms with Gasteiger partial charge in [0.2, 0.25) is 5.91 Å². The van der Waals surface area contributed by atoms with Crippen LogP contribution in [0.1, 0.15) is 36.5 Å². The molecule has 10 nitrogen and oxygen atoms in total. The van der Waals surface area contributed by atoms with Crippen molar-refractivity contribution >= 4 is 29.1 Å². The van der Waals surface area contributed by atoms with E-state index in [1.807, 2.05) is 6.92 Å². The number of hydrogen-bond acceptors (Lipinski definition) is 6. The van der Waals surface area contributed by atoms with E-state index in [-0.39, 0.29) is 29.5 Å². The molecule has 0 aliphatic heterocycles. The number of amides is 3. The standard InChI is InChI=1S/C20H22N4O6/c1-2-3-4-18(25)21-15-7-5-14(6-8-15)20(27)23-22-19(26)13-30-17-11-9-16(10-12-17)24(28)29/h5-12H,2-4,13H2,1H3,(H,21,25)(H,22,26)(H,23,27). The summed E-state index contributed by atoms with van der Waals surface area (Å²) in [4.78, 5) is 45.6. The number of rotatable bonds is 9. The molecule has 2 aromatic rings. The van der Waals surface area contributed by atoms with Crippen molar-refractivity contribution in [3.8, 4) is 5.75 Å². The maximum absolute atomic E-state index is 12.1. The number of hydrazine groups is 1. The fraction of sp³-hybridized carbons (Fsp3) is 0.250. The molecular weight excluding hydrogens is 392 g/mol. The van der Waals surface area contributed by atoms with Crippen molar-refractivity contribution in [2.45, 2.75) is 26.2 Å². The monoisotopic (exact) mass is 414 g/mol. The van der Waals surface area contributed by atoms with Crippen LogP contribution in [0.5, 0.6) is 5.75 Å². The van der Waals surface area contributed by atoms with E-state index in [4.69, 9.17) is 4.74 Å². The Balaban J connectivity index is 1.75. The summed E-state index contributed by atoms with van der Waals surface area (Å²) in [5.74, 6) is -0.961. The maximum Gasteiger partial charge on any atom is 0.276 e. The Kier molecular flexibility index (Phi) is 8.30. The number of non-ortho nitro benzene ring substituents is 1. The van der Waals surface area contributed by atoms with Crippen LogP contribution >= 0.6 is 0 Å². The molecule has 30 heavy (non-hydrogen) atoms. The lowest BCUT2D eigenvalue weighted by Gasteiger charge is -2.09. The van der Waals surface area contributed by atoms with Gasteiger partial charge < -0.3 is 10.1 Å². The maximum atomic E-state index is 12.1. The molecule has 0 aliphatic carbocycles. The third kappa shape index (κ3) is 7.23. The summed E-state index contributed by atoms with van der Waals surface area (Å²) in [6, 6.07) is 11.5. The first-order chi connectivity index (χ1) is 14.4. The lowest BCUT2D eigenvalue weighted by atomic mass is 10.2. The van der Waals surface area contributed by atoms with Gasteiger partial charge in [-0.05, 0) is 42.8 Å². The zero-order valence-electron chi connectivity index (χ0n) is 16.3. The number of hydrogen-bond donors (Lipinski definition) is 3. The highest BCUT2D eigenvalue weighted by Gasteiger charge is 2.10. The summed E-state index contributed by atoms with van der Waals surface area (Å²) in [6.07, 6.45) is 2.17. The molecule has 0 atom stereocenters. The molecule has 10 heteroatoms. The van der Waals surface area contributed by atoms with Crippen molar-refractivity contribution in [2.24, 2.45) is 0 Å². The van der Waals surface area contributed by atoms with Crippen LogP contribution in [-0.2, 0) is 9.59 Å². The van der Waals surface area contributed by atoms with E-state index in [1.165, 1.54) is 36.4 Å². The number of carbonyl (C=O) groups is 3. The molecular formula is C20H22N4O6. The number of benzene rings is 2. The lowest BCUT2D eigenvalue weighted by molar-refractivity contribution is -0.384. The van der Waals surface area contributed by atoms with E-state index in [9.17, 15) is 24.5 Å². The van der Waals surface area contributed by atoms with E-state index < -0.39 is 16.7 Å². The number of nitrogens with zero attached hydrogens (tertiary/aromatic N) is 1. The topological polar surface area (TPSA) is 140 Å². The number of ether oxygens (including phenoxy) is 1. The molecule has 0 saturated carbocycles. The van der Waals surface area contributed by atoms with Crippen molar-refractivity contribution < 1.29 is 24.0 Å². The third-order valence-corrected chi connectivity index (χ3v) is 3.92. The first-order valence-electron chi connectivity index (χ1n) is 9.25. The summed E-state index contributed by atoms with van der Waals surface area (Å²) in [7, 11) is 0. The average molecular weight is 414 g/mol. The second-order valence-electron chi connectivity index (χ2n) is 6.27. The Morgan fingerprint density at radius 1 is 0.967 bits per heavy atom. The number of nitro benzene ring substituents is 1. The van der Waals surface area contributed by atoms with Gasteiger partial charge in [0.25, 0.3) is 17.5 Å². The Morgan fingerprint density at radius 2 is 1.63 bits per heavy atom. The van der Waals surface area contributed by atoms with Crippen molar-refractivity contribution in [2.75, 3.05) is 11.9 Å². The third-order valence-electron chi connectivity index (χ3n) is 3.92. The van der Waals surface area contributed by atoms with E-state index in [1.54, 1.807) is 12.1 Å². The van der Waals surface area contributed by atoms with Gasteiger partial charge in [-0.15, -0.1) is 0 Å². The molecule has 0 radical (unpaired) electrons. The highest BCUT2D eigenvalue weighted by Crippen LogP contribution is 2.17. The molecule has 3 amide bonds. The molecule has 2 aromatic carbocycles. The number of unbranched alkanes of at least 4 members (excludes halogenated alkanes) is 1. The molecule has 0 spiro atoms. The second kappa shape index (κ2) is 11.1. The molecule has 0 bridgehead atoms. The number of anilines is 1. The average Bonchev–Trinajstić information content (AvgIpc) is 2.75. The molecule has 0 saturated heterocycles. The predicted octanol–water partition coefficient (Wildman–Crippen LogP) is 2.56. The van der Waals surface area contributed by atoms with Crippen LogP contribution in [0.25, 0.3) is 0 Å². The van der Waals surface area contributed by atoms with E-state index in [0.717, 1.165) is 12.8 Å². The van der Waals surface area contributed by atoms with Crippen LogP contribution in [0.3, 0.4) is 0 Å². The second-order valence-corrected chi connectivity index (χ2v) is 6.27. The summed E-state index contributed by atoms with van der Waals surface area (Å²) in [5.41, 5.74) is 5.24. The van der Waals surface area contributed by atoms with Gasteiger partial charge in [0.15, 0.2) is 6.61 Å². The first kappa shape index (κ1) is 22.3. The van der Waals surface area contributed by atoms with Crippen LogP contribution in [0.15, 0.2) is 48.5 Å². The molecule has 0 heterocycles. The summed E-state index contributed by atoms with van der Waals surface area (Å²) in [6.45, 7) is 1.61. The zero-order valence-corrected chi connectivity index (χ0v) is 16.3. The van der Waals surface area contributed by atoms with Crippen LogP contribution in [0.2, 0.25) is 0 Å². The van der Waals surface area contributed by atoms with Gasteiger partial charge in [0, 0.05) is 29.8 Å². The summed E-state index contributed by atoms with van der Waals surface area (Å²) in [5, 5.41) is 13.3. The predicted molar refractivity (Wildman–Crippen MR) is 109 cm³/mol. The molecule has 0 aromatic heterocycles. The Bertz CT molecular complexity index is 897. The quantitative estimate of drug-likeness (QED) is 0.426. The highest BCUT2D eigenvalue weighted by molar-refractivity contribution is 5.96. The fourth-order valence-corrected chi connectivity index (χ4v) is 2.31. The molecule has 0 aliphatic rings. The molecule has 158 valence electrons. The number of nitrogens with one attached hydrogen (secondary N) is 3. The largest absolute Gasteiger partial charge is 0.484 e. The van der Waals surface area contributed by atoms with Gasteiger partial charge in [-0.3, -0.25) is 35.3 Å². The summed E-state index contributed by atoms with van der Waals surface area (Å²) < 4.78 is 5.19. The fourth-order valence-electron chi connectivity index (χ4n) is 2.31. The van der Waals surface area contributed by atoms with Gasteiger partial charge in [0.1, 0.15) is 5.75 Å². The minimum Gasteiger partial charge on any atom is -0.484 e. The van der Waals surface area contributed by atoms with Crippen LogP contribution in [-0.4, -0.2) is 29.3 Å². The molecule has 2 rings (SSSR count). The molecule has 3 N–H and O–H groups in total. The molecule has 0 fully saturated rings. The van der Waals surface area contributed by atoms with Gasteiger partial charge in [-0.2, -0.15) is 0 Å². The SMILES string of the molecule is CCCCC(=O)Nc1ccc(C(=O)NNC(=O)COc2ccc([N+](=O)[O-])cc2)cc1. The van der Waals surface area contributed by atoms with Gasteiger partial charge in [0.05, 0.1) is 4.92 Å². The van der Waals surface area contributed by atoms with Crippen molar-refractivity contribution in [3.05, 3.63) is 64.2 Å². The normalized spacial score (nSPS) is 10.0. The lowest BCUT2D eigenvalue weighted by Crippen LogP contribution is -2.43. The summed E-state index contributed by atoms with van der Waals surface area (Å²) >= 11 is 0. The van der Waals surface area contributed by atoms with Gasteiger partial charge in [-0.25, -0.2) is 0 Å². The van der Waals surface area contributed by atoms with E-state index in [2.05, 4.69) is 16.2 Å². The van der Waals surface area contributed by atoms with Crippen LogP contribution < -0.4 is 20.9 Å². The number of nitro groups is 1. The van der Waals surface area contributed by atoms with E-state index >= 15 is 0 Å². The minimum atomic E-state index is -0.610. The highest BCUT2D eigenvalue weighted by atomic mass is 16.6. The van der Waals surface area contributed by atoms with Crippen molar-refractivity contribution in [1.29, 1.82) is 0 Å². The Morgan fingerprint density at radius 3 is 2.23 bits per heavy atom. The van der Waals surface area contributed by atoms with Crippen molar-refractivity contribution in [1.82, 2.24) is 10.9 Å². The van der Waals surface area contributed by atoms with Crippen LogP contribution in [0.4, 0.5) is 11.4 Å². The minimum absolute atomic E-state index is 0.0886. The Labute approximate surface area is 172 Å². The Hall–Kier alpha value is -3.95. The van der Waals surface area contributed by atoms with Crippen LogP contribution in [0, 0.1) is 10.1 Å². The first-order valence-corrected chi connectivity index (χ1v) is 9.25. The zero-order chi connectivity index (χ0) is 21.9. The smallest absolute Gasteiger partial charge is 0.276 e. The molecule has 0 unspecified atom stereocenters.